The zero-order valence-corrected chi connectivity index (χ0v) is 19.4. The fourth-order valence-corrected chi connectivity index (χ4v) is 5.52. The van der Waals surface area contributed by atoms with Gasteiger partial charge in [0.1, 0.15) is 0 Å². The molecule has 0 aliphatic rings. The normalized spacial score (nSPS) is 13.0. The Morgan fingerprint density at radius 3 is 2.28 bits per heavy atom. The number of amides is 1. The summed E-state index contributed by atoms with van der Waals surface area (Å²) < 4.78 is 26.6. The summed E-state index contributed by atoms with van der Waals surface area (Å²) in [6, 6.07) is 11.0. The van der Waals surface area contributed by atoms with E-state index in [4.69, 9.17) is 0 Å². The van der Waals surface area contributed by atoms with Gasteiger partial charge < -0.3 is 5.32 Å². The average molecular weight is 437 g/mol. The van der Waals surface area contributed by atoms with Gasteiger partial charge in [-0.05, 0) is 47.9 Å². The van der Waals surface area contributed by atoms with Crippen molar-refractivity contribution >= 4 is 27.3 Å². The van der Waals surface area contributed by atoms with Gasteiger partial charge >= 0.3 is 0 Å². The molecule has 160 valence electrons. The summed E-state index contributed by atoms with van der Waals surface area (Å²) in [7, 11) is -3.45. The molecule has 1 aromatic carbocycles. The molecule has 0 fully saturated rings. The zero-order valence-electron chi connectivity index (χ0n) is 17.7. The van der Waals surface area contributed by atoms with Crippen molar-refractivity contribution in [1.29, 1.82) is 0 Å². The van der Waals surface area contributed by atoms with Crippen molar-refractivity contribution < 1.29 is 13.2 Å². The quantitative estimate of drug-likeness (QED) is 0.559. The first-order valence-corrected chi connectivity index (χ1v) is 12.5. The van der Waals surface area contributed by atoms with E-state index < -0.39 is 10.0 Å². The number of nitrogens with one attached hydrogen (secondary N) is 1. The van der Waals surface area contributed by atoms with Crippen LogP contribution in [0.15, 0.2) is 46.7 Å². The standard InChI is InChI=1S/C22H32N2O3S2/c1-5-24(6-2)29(26,27)19-12-9-18(10-13-19)11-14-22(25)23-20(16-17(3)4)21-8-7-15-28-21/h7-10,12-13,15,17,20H,5-6,11,14,16H2,1-4H3,(H,23,25). The topological polar surface area (TPSA) is 66.5 Å². The van der Waals surface area contributed by atoms with Gasteiger partial charge in [-0.25, -0.2) is 8.42 Å². The predicted octanol–water partition coefficient (Wildman–Crippen LogP) is 4.61. The maximum atomic E-state index is 12.6. The van der Waals surface area contributed by atoms with E-state index in [1.54, 1.807) is 35.6 Å². The Hall–Kier alpha value is -1.70. The van der Waals surface area contributed by atoms with Crippen molar-refractivity contribution in [2.45, 2.75) is 57.9 Å². The Labute approximate surface area is 179 Å². The summed E-state index contributed by atoms with van der Waals surface area (Å²) in [5.41, 5.74) is 0.954. The minimum atomic E-state index is -3.45. The molecular weight excluding hydrogens is 404 g/mol. The van der Waals surface area contributed by atoms with Crippen LogP contribution in [0.25, 0.3) is 0 Å². The van der Waals surface area contributed by atoms with Crippen molar-refractivity contribution in [3.63, 3.8) is 0 Å². The summed E-state index contributed by atoms with van der Waals surface area (Å²) >= 11 is 1.66. The van der Waals surface area contributed by atoms with Gasteiger partial charge in [0.05, 0.1) is 10.9 Å². The third-order valence-electron chi connectivity index (χ3n) is 4.84. The van der Waals surface area contributed by atoms with Gasteiger partial charge in [-0.1, -0.05) is 45.9 Å². The third kappa shape index (κ3) is 6.66. The molecule has 7 heteroatoms. The highest BCUT2D eigenvalue weighted by atomic mass is 32.2. The Bertz CT molecular complexity index is 856. The van der Waals surface area contributed by atoms with E-state index in [0.29, 0.717) is 36.7 Å². The maximum absolute atomic E-state index is 12.6. The van der Waals surface area contributed by atoms with Crippen LogP contribution in [0.1, 0.15) is 57.0 Å². The van der Waals surface area contributed by atoms with Crippen LogP contribution in [-0.4, -0.2) is 31.7 Å². The van der Waals surface area contributed by atoms with Crippen LogP contribution in [-0.2, 0) is 21.2 Å². The molecule has 1 N–H and O–H groups in total. The van der Waals surface area contributed by atoms with E-state index in [2.05, 4.69) is 25.2 Å². The van der Waals surface area contributed by atoms with Crippen LogP contribution in [0.5, 0.6) is 0 Å². The number of benzene rings is 1. The second kappa shape index (κ2) is 10.9. The van der Waals surface area contributed by atoms with Crippen molar-refractivity contribution in [2.24, 2.45) is 5.92 Å². The van der Waals surface area contributed by atoms with Crippen molar-refractivity contribution in [3.8, 4) is 0 Å². The van der Waals surface area contributed by atoms with Crippen LogP contribution in [0.4, 0.5) is 0 Å². The lowest BCUT2D eigenvalue weighted by Crippen LogP contribution is -2.30. The van der Waals surface area contributed by atoms with Crippen molar-refractivity contribution in [3.05, 3.63) is 52.2 Å². The second-order valence-electron chi connectivity index (χ2n) is 7.50. The molecule has 0 radical (unpaired) electrons. The van der Waals surface area contributed by atoms with Crippen LogP contribution in [0.2, 0.25) is 0 Å². The molecule has 29 heavy (non-hydrogen) atoms. The van der Waals surface area contributed by atoms with Crippen LogP contribution in [0, 0.1) is 5.92 Å². The fourth-order valence-electron chi connectivity index (χ4n) is 3.27. The highest BCUT2D eigenvalue weighted by Crippen LogP contribution is 2.25. The van der Waals surface area contributed by atoms with Crippen LogP contribution >= 0.6 is 11.3 Å². The van der Waals surface area contributed by atoms with Crippen LogP contribution < -0.4 is 5.32 Å². The van der Waals surface area contributed by atoms with Gasteiger partial charge in [0.2, 0.25) is 15.9 Å². The molecule has 0 saturated carbocycles. The third-order valence-corrected chi connectivity index (χ3v) is 7.89. The molecule has 0 spiro atoms. The summed E-state index contributed by atoms with van der Waals surface area (Å²) in [6.45, 7) is 8.86. The number of carbonyl (C=O) groups excluding carboxylic acids is 1. The first-order valence-electron chi connectivity index (χ1n) is 10.2. The minimum Gasteiger partial charge on any atom is -0.348 e. The molecule has 2 aromatic rings. The van der Waals surface area contributed by atoms with E-state index in [0.717, 1.165) is 12.0 Å². The summed E-state index contributed by atoms with van der Waals surface area (Å²) in [5, 5.41) is 5.19. The summed E-state index contributed by atoms with van der Waals surface area (Å²) in [6.07, 6.45) is 1.86. The van der Waals surface area contributed by atoms with Crippen LogP contribution in [0.3, 0.4) is 0 Å². The first-order chi connectivity index (χ1) is 13.8. The van der Waals surface area contributed by atoms with Crippen molar-refractivity contribution in [2.75, 3.05) is 13.1 Å². The van der Waals surface area contributed by atoms with Crippen molar-refractivity contribution in [1.82, 2.24) is 9.62 Å². The Morgan fingerprint density at radius 1 is 1.10 bits per heavy atom. The van der Waals surface area contributed by atoms with Gasteiger partial charge in [-0.3, -0.25) is 4.79 Å². The first kappa shape index (κ1) is 23.6. The number of thiophene rings is 1. The Kier molecular flexibility index (Phi) is 8.86. The van der Waals surface area contributed by atoms with E-state index in [1.807, 2.05) is 25.3 Å². The van der Waals surface area contributed by atoms with E-state index in [1.165, 1.54) is 9.18 Å². The smallest absolute Gasteiger partial charge is 0.243 e. The number of hydrogen-bond acceptors (Lipinski definition) is 4. The number of nitrogens with zero attached hydrogens (tertiary/aromatic N) is 1. The molecule has 0 aliphatic carbocycles. The van der Waals surface area contributed by atoms with E-state index >= 15 is 0 Å². The molecule has 0 aliphatic heterocycles. The zero-order chi connectivity index (χ0) is 21.4. The molecular formula is C22H32N2O3S2. The molecule has 5 nitrogen and oxygen atoms in total. The van der Waals surface area contributed by atoms with E-state index in [-0.39, 0.29) is 11.9 Å². The lowest BCUT2D eigenvalue weighted by atomic mass is 10.0. The molecule has 1 unspecified atom stereocenters. The highest BCUT2D eigenvalue weighted by Gasteiger charge is 2.21. The Morgan fingerprint density at radius 2 is 1.76 bits per heavy atom. The number of aryl methyl sites for hydroxylation is 1. The minimum absolute atomic E-state index is 0.0175. The second-order valence-corrected chi connectivity index (χ2v) is 10.4. The SMILES string of the molecule is CCN(CC)S(=O)(=O)c1ccc(CCC(=O)NC(CC(C)C)c2cccs2)cc1. The fraction of sp³-hybridized carbons (Fsp3) is 0.500. The summed E-state index contributed by atoms with van der Waals surface area (Å²) in [5.74, 6) is 0.506. The lowest BCUT2D eigenvalue weighted by molar-refractivity contribution is -0.121. The summed E-state index contributed by atoms with van der Waals surface area (Å²) in [4.78, 5) is 14.0. The van der Waals surface area contributed by atoms with Gasteiger partial charge in [0.25, 0.3) is 0 Å². The predicted molar refractivity (Wildman–Crippen MR) is 120 cm³/mol. The van der Waals surface area contributed by atoms with Gasteiger partial charge in [0.15, 0.2) is 0 Å². The number of sulfonamides is 1. The van der Waals surface area contributed by atoms with Gasteiger partial charge in [-0.2, -0.15) is 4.31 Å². The lowest BCUT2D eigenvalue weighted by Gasteiger charge is -2.20. The highest BCUT2D eigenvalue weighted by molar-refractivity contribution is 7.89. The van der Waals surface area contributed by atoms with Gasteiger partial charge in [-0.15, -0.1) is 11.3 Å². The monoisotopic (exact) mass is 436 g/mol. The number of carbonyl (C=O) groups is 1. The maximum Gasteiger partial charge on any atom is 0.243 e. The molecule has 0 saturated heterocycles. The molecule has 1 heterocycles. The molecule has 1 atom stereocenters. The molecule has 2 rings (SSSR count). The van der Waals surface area contributed by atoms with E-state index in [9.17, 15) is 13.2 Å². The molecule has 0 bridgehead atoms. The number of hydrogen-bond donors (Lipinski definition) is 1. The number of rotatable bonds is 11. The average Bonchev–Trinajstić information content (AvgIpc) is 3.21. The van der Waals surface area contributed by atoms with Gasteiger partial charge in [0, 0.05) is 24.4 Å². The molecule has 1 aromatic heterocycles. The molecule has 1 amide bonds. The Balaban J connectivity index is 1.96. The largest absolute Gasteiger partial charge is 0.348 e.